The van der Waals surface area contributed by atoms with E-state index in [0.29, 0.717) is 12.1 Å². The molecule has 0 saturated carbocycles. The fraction of sp³-hybridized carbons (Fsp3) is 0.316. The maximum absolute atomic E-state index is 12.8. The summed E-state index contributed by atoms with van der Waals surface area (Å²) in [5.41, 5.74) is 0.636. The molecule has 2 nitrogen and oxygen atoms in total. The van der Waals surface area contributed by atoms with Crippen LogP contribution < -0.4 is 0 Å². The Morgan fingerprint density at radius 1 is 1.08 bits per heavy atom. The number of alkyl halides is 3. The van der Waals surface area contributed by atoms with Gasteiger partial charge in [0.2, 0.25) is 5.91 Å². The first kappa shape index (κ1) is 18.0. The Kier molecular flexibility index (Phi) is 5.65. The summed E-state index contributed by atoms with van der Waals surface area (Å²) in [5, 5.41) is 0. The quantitative estimate of drug-likeness (QED) is 0.764. The largest absolute Gasteiger partial charge is 0.416 e. The van der Waals surface area contributed by atoms with Crippen molar-refractivity contribution in [1.29, 1.82) is 0 Å². The van der Waals surface area contributed by atoms with Crippen LogP contribution in [0.5, 0.6) is 0 Å². The Bertz CT molecular complexity index is 683. The molecule has 128 valence electrons. The first-order valence-corrected chi connectivity index (χ1v) is 7.83. The maximum Gasteiger partial charge on any atom is 0.416 e. The lowest BCUT2D eigenvalue weighted by Crippen LogP contribution is -2.34. The van der Waals surface area contributed by atoms with E-state index in [9.17, 15) is 18.0 Å². The van der Waals surface area contributed by atoms with E-state index in [0.717, 1.165) is 17.7 Å². The van der Waals surface area contributed by atoms with Crippen LogP contribution in [0.2, 0.25) is 0 Å². The van der Waals surface area contributed by atoms with E-state index in [-0.39, 0.29) is 18.4 Å². The van der Waals surface area contributed by atoms with Gasteiger partial charge in [-0.05, 0) is 31.0 Å². The molecule has 1 amide bonds. The molecule has 2 aromatic carbocycles. The molecule has 0 heterocycles. The minimum Gasteiger partial charge on any atom is -0.336 e. The Morgan fingerprint density at radius 2 is 1.75 bits per heavy atom. The number of likely N-dealkylation sites (N-methyl/N-ethyl adjacent to an activating group) is 1. The van der Waals surface area contributed by atoms with Crippen molar-refractivity contribution < 1.29 is 18.0 Å². The van der Waals surface area contributed by atoms with Crippen molar-refractivity contribution in [2.24, 2.45) is 0 Å². The summed E-state index contributed by atoms with van der Waals surface area (Å²) in [6.45, 7) is 4.28. The zero-order valence-electron chi connectivity index (χ0n) is 13.7. The van der Waals surface area contributed by atoms with Crippen molar-refractivity contribution in [2.45, 2.75) is 32.5 Å². The van der Waals surface area contributed by atoms with E-state index in [1.54, 1.807) is 11.0 Å². The lowest BCUT2D eigenvalue weighted by atomic mass is 10.0. The third kappa shape index (κ3) is 4.37. The zero-order chi connectivity index (χ0) is 17.7. The van der Waals surface area contributed by atoms with Gasteiger partial charge in [0.15, 0.2) is 0 Å². The minimum absolute atomic E-state index is 0.0467. The molecule has 5 heteroatoms. The second kappa shape index (κ2) is 7.51. The summed E-state index contributed by atoms with van der Waals surface area (Å²) < 4.78 is 38.4. The molecule has 0 aliphatic carbocycles. The number of benzene rings is 2. The molecule has 0 saturated heterocycles. The van der Waals surface area contributed by atoms with Gasteiger partial charge in [-0.2, -0.15) is 13.2 Å². The molecular formula is C19H20F3NO. The fourth-order valence-electron chi connectivity index (χ4n) is 2.71. The topological polar surface area (TPSA) is 20.3 Å². The van der Waals surface area contributed by atoms with Gasteiger partial charge >= 0.3 is 6.18 Å². The van der Waals surface area contributed by atoms with Crippen LogP contribution in [0.4, 0.5) is 13.2 Å². The number of rotatable bonds is 5. The highest BCUT2D eigenvalue weighted by Gasteiger charge is 2.30. The summed E-state index contributed by atoms with van der Waals surface area (Å²) in [6, 6.07) is 14.4. The molecule has 2 rings (SSSR count). The molecule has 0 N–H and O–H groups in total. The van der Waals surface area contributed by atoms with E-state index in [2.05, 4.69) is 0 Å². The Balaban J connectivity index is 2.15. The number of hydrogen-bond donors (Lipinski definition) is 0. The highest BCUT2D eigenvalue weighted by atomic mass is 19.4. The Hall–Kier alpha value is -2.30. The number of carbonyl (C=O) groups excluding carboxylic acids is 1. The molecule has 2 aromatic rings. The first-order valence-electron chi connectivity index (χ1n) is 7.83. The smallest absolute Gasteiger partial charge is 0.336 e. The molecule has 0 radical (unpaired) electrons. The fourth-order valence-corrected chi connectivity index (χ4v) is 2.71. The van der Waals surface area contributed by atoms with Crippen LogP contribution in [0.15, 0.2) is 54.6 Å². The lowest BCUT2D eigenvalue weighted by Gasteiger charge is -2.28. The van der Waals surface area contributed by atoms with Crippen molar-refractivity contribution in [3.05, 3.63) is 71.3 Å². The summed E-state index contributed by atoms with van der Waals surface area (Å²) in [5.74, 6) is -0.187. The van der Waals surface area contributed by atoms with Gasteiger partial charge in [0, 0.05) is 6.54 Å². The average Bonchev–Trinajstić information content (AvgIpc) is 2.55. The van der Waals surface area contributed by atoms with Gasteiger partial charge in [-0.15, -0.1) is 0 Å². The third-order valence-corrected chi connectivity index (χ3v) is 4.02. The molecule has 0 aliphatic rings. The average molecular weight is 335 g/mol. The summed E-state index contributed by atoms with van der Waals surface area (Å²) >= 11 is 0. The van der Waals surface area contributed by atoms with Crippen LogP contribution in [-0.4, -0.2) is 17.4 Å². The van der Waals surface area contributed by atoms with Crippen molar-refractivity contribution >= 4 is 5.91 Å². The van der Waals surface area contributed by atoms with Crippen LogP contribution >= 0.6 is 0 Å². The van der Waals surface area contributed by atoms with E-state index in [1.807, 2.05) is 44.2 Å². The third-order valence-electron chi connectivity index (χ3n) is 4.02. The van der Waals surface area contributed by atoms with Crippen LogP contribution in [0, 0.1) is 0 Å². The summed E-state index contributed by atoms with van der Waals surface area (Å²) in [7, 11) is 0. The van der Waals surface area contributed by atoms with Gasteiger partial charge in [0.05, 0.1) is 18.0 Å². The molecule has 0 fully saturated rings. The van der Waals surface area contributed by atoms with Gasteiger partial charge in [-0.25, -0.2) is 0 Å². The Labute approximate surface area is 139 Å². The predicted octanol–water partition coefficient (Wildman–Crippen LogP) is 4.86. The number of halogens is 3. The van der Waals surface area contributed by atoms with Gasteiger partial charge in [-0.3, -0.25) is 4.79 Å². The van der Waals surface area contributed by atoms with E-state index < -0.39 is 11.7 Å². The van der Waals surface area contributed by atoms with Gasteiger partial charge < -0.3 is 4.90 Å². The van der Waals surface area contributed by atoms with Gasteiger partial charge in [-0.1, -0.05) is 48.5 Å². The van der Waals surface area contributed by atoms with E-state index in [1.165, 1.54) is 6.07 Å². The van der Waals surface area contributed by atoms with Crippen molar-refractivity contribution in [2.75, 3.05) is 6.54 Å². The van der Waals surface area contributed by atoms with Gasteiger partial charge in [0.1, 0.15) is 0 Å². The van der Waals surface area contributed by atoms with E-state index in [4.69, 9.17) is 0 Å². The minimum atomic E-state index is -4.40. The SMILES string of the molecule is CCN(C(=O)Cc1cccc(C(F)(F)F)c1)C(C)c1ccccc1. The normalized spacial score (nSPS) is 12.7. The molecule has 0 aliphatic heterocycles. The van der Waals surface area contributed by atoms with Crippen LogP contribution in [-0.2, 0) is 17.4 Å². The predicted molar refractivity (Wildman–Crippen MR) is 87.4 cm³/mol. The Morgan fingerprint density at radius 3 is 2.33 bits per heavy atom. The molecular weight excluding hydrogens is 315 g/mol. The number of amides is 1. The molecule has 1 unspecified atom stereocenters. The van der Waals surface area contributed by atoms with Crippen LogP contribution in [0.25, 0.3) is 0 Å². The first-order chi connectivity index (χ1) is 11.3. The molecule has 1 atom stereocenters. The molecule has 0 bridgehead atoms. The van der Waals surface area contributed by atoms with Crippen molar-refractivity contribution in [1.82, 2.24) is 4.90 Å². The summed E-state index contributed by atoms with van der Waals surface area (Å²) in [4.78, 5) is 14.2. The number of nitrogens with zero attached hydrogens (tertiary/aromatic N) is 1. The number of carbonyl (C=O) groups is 1. The van der Waals surface area contributed by atoms with Crippen LogP contribution in [0.1, 0.15) is 36.6 Å². The molecule has 0 spiro atoms. The highest BCUT2D eigenvalue weighted by Crippen LogP contribution is 2.30. The molecule has 0 aromatic heterocycles. The van der Waals surface area contributed by atoms with Crippen molar-refractivity contribution in [3.63, 3.8) is 0 Å². The highest BCUT2D eigenvalue weighted by molar-refractivity contribution is 5.79. The van der Waals surface area contributed by atoms with Gasteiger partial charge in [0.25, 0.3) is 0 Å². The second-order valence-corrected chi connectivity index (χ2v) is 5.64. The van der Waals surface area contributed by atoms with E-state index >= 15 is 0 Å². The monoisotopic (exact) mass is 335 g/mol. The maximum atomic E-state index is 12.8. The standard InChI is InChI=1S/C19H20F3NO/c1-3-23(14(2)16-9-5-4-6-10-16)18(24)13-15-8-7-11-17(12-15)19(20,21)22/h4-12,14H,3,13H2,1-2H3. The zero-order valence-corrected chi connectivity index (χ0v) is 13.7. The molecule has 24 heavy (non-hydrogen) atoms. The van der Waals surface area contributed by atoms with Crippen LogP contribution in [0.3, 0.4) is 0 Å². The number of hydrogen-bond acceptors (Lipinski definition) is 1. The lowest BCUT2D eigenvalue weighted by molar-refractivity contribution is -0.138. The summed E-state index contributed by atoms with van der Waals surface area (Å²) in [6.07, 6.45) is -4.45. The second-order valence-electron chi connectivity index (χ2n) is 5.64. The van der Waals surface area contributed by atoms with Crippen molar-refractivity contribution in [3.8, 4) is 0 Å².